The van der Waals surface area contributed by atoms with Gasteiger partial charge in [0.05, 0.1) is 6.04 Å². The summed E-state index contributed by atoms with van der Waals surface area (Å²) in [7, 11) is 0. The quantitative estimate of drug-likeness (QED) is 0.429. The third-order valence-electron chi connectivity index (χ3n) is 2.99. The highest BCUT2D eigenvalue weighted by molar-refractivity contribution is 8.01. The van der Waals surface area contributed by atoms with E-state index in [9.17, 15) is 9.59 Å². The van der Waals surface area contributed by atoms with Crippen molar-refractivity contribution in [1.82, 2.24) is 10.2 Å². The molecular weight excluding hydrogens is 212 g/mol. The van der Waals surface area contributed by atoms with Gasteiger partial charge in [0.2, 0.25) is 12.3 Å². The van der Waals surface area contributed by atoms with Crippen LogP contribution in [0.15, 0.2) is 12.7 Å². The van der Waals surface area contributed by atoms with Crippen LogP contribution in [0.2, 0.25) is 0 Å². The molecule has 0 saturated carbocycles. The minimum Gasteiger partial charge on any atom is -0.344 e. The first-order chi connectivity index (χ1) is 7.03. The molecule has 0 radical (unpaired) electrons. The smallest absolute Gasteiger partial charge is 0.249 e. The van der Waals surface area contributed by atoms with Crippen molar-refractivity contribution >= 4 is 24.1 Å². The van der Waals surface area contributed by atoms with Gasteiger partial charge in [0.25, 0.3) is 0 Å². The average Bonchev–Trinajstić information content (AvgIpc) is 2.43. The molecule has 0 aliphatic carbocycles. The Bertz CT molecular complexity index is 329. The van der Waals surface area contributed by atoms with E-state index in [1.54, 1.807) is 16.7 Å². The van der Waals surface area contributed by atoms with Gasteiger partial charge in [0.1, 0.15) is 11.4 Å². The van der Waals surface area contributed by atoms with Crippen LogP contribution in [0.25, 0.3) is 0 Å². The number of β-lactam (4-membered cyclic amide) rings is 1. The van der Waals surface area contributed by atoms with Crippen molar-refractivity contribution in [2.24, 2.45) is 0 Å². The first-order valence-corrected chi connectivity index (χ1v) is 5.73. The van der Waals surface area contributed by atoms with Gasteiger partial charge in [0.15, 0.2) is 0 Å². The number of nitrogens with one attached hydrogen (secondary N) is 1. The molecule has 2 heterocycles. The Morgan fingerprint density at radius 3 is 2.80 bits per heavy atom. The van der Waals surface area contributed by atoms with E-state index < -0.39 is 0 Å². The van der Waals surface area contributed by atoms with E-state index in [4.69, 9.17) is 0 Å². The first-order valence-electron chi connectivity index (χ1n) is 4.85. The van der Waals surface area contributed by atoms with Crippen LogP contribution in [0.5, 0.6) is 0 Å². The molecule has 2 aliphatic heterocycles. The second kappa shape index (κ2) is 3.27. The minimum absolute atomic E-state index is 0.00456. The molecular formula is C10H14N2O2S. The molecule has 0 aromatic heterocycles. The maximum atomic E-state index is 11.7. The molecule has 82 valence electrons. The summed E-state index contributed by atoms with van der Waals surface area (Å²) in [6.45, 7) is 7.95. The lowest BCUT2D eigenvalue weighted by Crippen LogP contribution is -2.68. The summed E-state index contributed by atoms with van der Waals surface area (Å²) in [4.78, 5) is 23.9. The Morgan fingerprint density at radius 2 is 2.27 bits per heavy atom. The highest BCUT2D eigenvalue weighted by atomic mass is 32.2. The van der Waals surface area contributed by atoms with Crippen molar-refractivity contribution in [3.63, 3.8) is 0 Å². The van der Waals surface area contributed by atoms with Crippen molar-refractivity contribution in [1.29, 1.82) is 0 Å². The topological polar surface area (TPSA) is 49.4 Å². The molecule has 0 spiro atoms. The summed E-state index contributed by atoms with van der Waals surface area (Å²) in [5.74, 6) is -0.00456. The summed E-state index contributed by atoms with van der Waals surface area (Å²) in [5.41, 5.74) is 0. The van der Waals surface area contributed by atoms with Gasteiger partial charge in [-0.2, -0.15) is 0 Å². The zero-order chi connectivity index (χ0) is 11.2. The van der Waals surface area contributed by atoms with Crippen molar-refractivity contribution in [3.8, 4) is 0 Å². The first kappa shape index (κ1) is 10.5. The van der Waals surface area contributed by atoms with Crippen LogP contribution < -0.4 is 5.32 Å². The number of fused-ring (bicyclic) bond motifs is 1. The Labute approximate surface area is 93.1 Å². The predicted molar refractivity (Wildman–Crippen MR) is 59.3 cm³/mol. The molecule has 4 nitrogen and oxygen atoms in total. The van der Waals surface area contributed by atoms with E-state index >= 15 is 0 Å². The summed E-state index contributed by atoms with van der Waals surface area (Å²) in [6.07, 6.45) is 2.40. The second-order valence-corrected chi connectivity index (χ2v) is 6.07. The zero-order valence-electron chi connectivity index (χ0n) is 8.77. The number of nitrogens with zero attached hydrogens (tertiary/aromatic N) is 1. The van der Waals surface area contributed by atoms with Crippen molar-refractivity contribution in [2.75, 3.05) is 0 Å². The Hall–Kier alpha value is -0.970. The van der Waals surface area contributed by atoms with Crippen molar-refractivity contribution in [3.05, 3.63) is 12.7 Å². The Kier molecular flexibility index (Phi) is 2.30. The van der Waals surface area contributed by atoms with Gasteiger partial charge in [0, 0.05) is 4.75 Å². The SMILES string of the molecule is C=C[C@@H]1N2C(=O)[C@@H](NC=O)[C@H]2SC1(C)C. The predicted octanol–water partition coefficient (Wildman–Crippen LogP) is 0.349. The molecule has 3 atom stereocenters. The summed E-state index contributed by atoms with van der Waals surface area (Å²) in [6, 6.07) is -0.290. The Balaban J connectivity index is 2.20. The normalized spacial score (nSPS) is 36.8. The van der Waals surface area contributed by atoms with E-state index in [0.717, 1.165) is 0 Å². The van der Waals surface area contributed by atoms with Gasteiger partial charge in [-0.1, -0.05) is 6.08 Å². The fourth-order valence-electron chi connectivity index (χ4n) is 2.25. The van der Waals surface area contributed by atoms with Crippen LogP contribution >= 0.6 is 11.8 Å². The maximum absolute atomic E-state index is 11.7. The van der Waals surface area contributed by atoms with Crippen LogP contribution in [0, 0.1) is 0 Å². The lowest BCUT2D eigenvalue weighted by atomic mass is 9.96. The molecule has 0 unspecified atom stereocenters. The Morgan fingerprint density at radius 1 is 1.60 bits per heavy atom. The molecule has 0 aromatic rings. The van der Waals surface area contributed by atoms with Crippen LogP contribution in [-0.4, -0.2) is 39.4 Å². The minimum atomic E-state index is -0.350. The summed E-state index contributed by atoms with van der Waals surface area (Å²) in [5, 5.41) is 2.63. The van der Waals surface area contributed by atoms with E-state index in [1.807, 2.05) is 6.08 Å². The lowest BCUT2D eigenvalue weighted by molar-refractivity contribution is -0.148. The summed E-state index contributed by atoms with van der Waals surface area (Å²) < 4.78 is -0.0264. The third kappa shape index (κ3) is 1.29. The van der Waals surface area contributed by atoms with E-state index in [1.165, 1.54) is 0 Å². The standard InChI is InChI=1S/C10H14N2O2S/c1-4-6-10(2,3)15-9-7(11-5-13)8(14)12(6)9/h4-7,9H,1H2,2-3H3,(H,11,13)/t6-,7+,9+/m0/s1. The monoisotopic (exact) mass is 226 g/mol. The van der Waals surface area contributed by atoms with Gasteiger partial charge < -0.3 is 10.2 Å². The van der Waals surface area contributed by atoms with Gasteiger partial charge in [-0.3, -0.25) is 9.59 Å². The highest BCUT2D eigenvalue weighted by Gasteiger charge is 2.60. The molecule has 15 heavy (non-hydrogen) atoms. The number of thioether (sulfide) groups is 1. The second-order valence-electron chi connectivity index (χ2n) is 4.30. The zero-order valence-corrected chi connectivity index (χ0v) is 9.58. The number of hydrogen-bond acceptors (Lipinski definition) is 3. The van der Waals surface area contributed by atoms with Gasteiger partial charge >= 0.3 is 0 Å². The van der Waals surface area contributed by atoms with Crippen LogP contribution in [0.1, 0.15) is 13.8 Å². The largest absolute Gasteiger partial charge is 0.344 e. The summed E-state index contributed by atoms with van der Waals surface area (Å²) >= 11 is 1.71. The maximum Gasteiger partial charge on any atom is 0.249 e. The average molecular weight is 226 g/mol. The third-order valence-corrected chi connectivity index (χ3v) is 4.58. The number of carbonyl (C=O) groups excluding carboxylic acids is 2. The molecule has 2 rings (SSSR count). The van der Waals surface area contributed by atoms with Crippen molar-refractivity contribution < 1.29 is 9.59 Å². The molecule has 2 fully saturated rings. The van der Waals surface area contributed by atoms with Gasteiger partial charge in [-0.05, 0) is 13.8 Å². The van der Waals surface area contributed by atoms with Crippen LogP contribution in [0.4, 0.5) is 0 Å². The number of hydrogen-bond donors (Lipinski definition) is 1. The fourth-order valence-corrected chi connectivity index (χ4v) is 3.90. The van der Waals surface area contributed by atoms with Crippen LogP contribution in [-0.2, 0) is 9.59 Å². The van der Waals surface area contributed by atoms with E-state index in [-0.39, 0.29) is 28.1 Å². The number of rotatable bonds is 3. The van der Waals surface area contributed by atoms with E-state index in [0.29, 0.717) is 6.41 Å². The fraction of sp³-hybridized carbons (Fsp3) is 0.600. The number of carbonyl (C=O) groups is 2. The van der Waals surface area contributed by atoms with Crippen molar-refractivity contribution in [2.45, 2.75) is 36.1 Å². The molecule has 2 amide bonds. The molecule has 2 saturated heterocycles. The number of amides is 2. The van der Waals surface area contributed by atoms with Gasteiger partial charge in [-0.25, -0.2) is 0 Å². The molecule has 0 aromatic carbocycles. The molecule has 5 heteroatoms. The lowest BCUT2D eigenvalue weighted by Gasteiger charge is -2.43. The van der Waals surface area contributed by atoms with Gasteiger partial charge in [-0.15, -0.1) is 18.3 Å². The molecule has 2 aliphatic rings. The molecule has 0 bridgehead atoms. The van der Waals surface area contributed by atoms with E-state index in [2.05, 4.69) is 25.7 Å². The van der Waals surface area contributed by atoms with Crippen LogP contribution in [0.3, 0.4) is 0 Å². The highest BCUT2D eigenvalue weighted by Crippen LogP contribution is 2.50. The molecule has 1 N–H and O–H groups in total.